The predicted molar refractivity (Wildman–Crippen MR) is 93.7 cm³/mol. The van der Waals surface area contributed by atoms with E-state index in [9.17, 15) is 9.59 Å². The standard InChI is InChI=1S/C15H20BrN3O3.ClH/c16-11-3-1-10(2-4-11)14(20)18-7-8-19-15(21)13-6-5-12(9-17)22-13;/h1-4,12-13H,5-9,17H2,(H,18,20)(H,19,21);1H/t12-,13+;/m1./s1. The fourth-order valence-electron chi connectivity index (χ4n) is 2.25. The van der Waals surface area contributed by atoms with Crippen molar-refractivity contribution in [3.05, 3.63) is 34.3 Å². The van der Waals surface area contributed by atoms with Crippen molar-refractivity contribution in [1.29, 1.82) is 0 Å². The van der Waals surface area contributed by atoms with Crippen molar-refractivity contribution in [2.24, 2.45) is 5.73 Å². The van der Waals surface area contributed by atoms with Gasteiger partial charge in [-0.1, -0.05) is 15.9 Å². The largest absolute Gasteiger partial charge is 0.364 e. The van der Waals surface area contributed by atoms with Crippen LogP contribution in [0.15, 0.2) is 28.7 Å². The molecule has 1 fully saturated rings. The van der Waals surface area contributed by atoms with E-state index >= 15 is 0 Å². The van der Waals surface area contributed by atoms with Crippen LogP contribution in [0, 0.1) is 0 Å². The Morgan fingerprint density at radius 1 is 1.17 bits per heavy atom. The molecule has 0 aliphatic carbocycles. The Morgan fingerprint density at radius 3 is 2.43 bits per heavy atom. The lowest BCUT2D eigenvalue weighted by molar-refractivity contribution is -0.131. The molecule has 2 rings (SSSR count). The van der Waals surface area contributed by atoms with Crippen LogP contribution in [0.4, 0.5) is 0 Å². The molecule has 1 aliphatic heterocycles. The number of carbonyl (C=O) groups excluding carboxylic acids is 2. The third-order valence-electron chi connectivity index (χ3n) is 3.48. The van der Waals surface area contributed by atoms with Crippen molar-refractivity contribution in [2.75, 3.05) is 19.6 Å². The highest BCUT2D eigenvalue weighted by molar-refractivity contribution is 9.10. The molecule has 0 saturated carbocycles. The maximum atomic E-state index is 11.9. The van der Waals surface area contributed by atoms with E-state index in [2.05, 4.69) is 26.6 Å². The van der Waals surface area contributed by atoms with Gasteiger partial charge in [0.1, 0.15) is 6.10 Å². The molecule has 0 spiro atoms. The summed E-state index contributed by atoms with van der Waals surface area (Å²) in [6.07, 6.45) is 1.07. The fourth-order valence-corrected chi connectivity index (χ4v) is 2.52. The minimum atomic E-state index is -0.421. The summed E-state index contributed by atoms with van der Waals surface area (Å²) in [5.74, 6) is -0.309. The maximum absolute atomic E-state index is 11.9. The zero-order valence-electron chi connectivity index (χ0n) is 12.6. The maximum Gasteiger partial charge on any atom is 0.251 e. The number of carbonyl (C=O) groups is 2. The van der Waals surface area contributed by atoms with Crippen molar-refractivity contribution < 1.29 is 14.3 Å². The van der Waals surface area contributed by atoms with Gasteiger partial charge < -0.3 is 21.1 Å². The Balaban J connectivity index is 0.00000264. The van der Waals surface area contributed by atoms with Crippen LogP contribution in [0.2, 0.25) is 0 Å². The quantitative estimate of drug-likeness (QED) is 0.619. The normalized spacial score (nSPS) is 19.7. The lowest BCUT2D eigenvalue weighted by atomic mass is 10.2. The summed E-state index contributed by atoms with van der Waals surface area (Å²) in [4.78, 5) is 23.7. The molecule has 1 saturated heterocycles. The van der Waals surface area contributed by atoms with Crippen LogP contribution in [0.5, 0.6) is 0 Å². The number of hydrogen-bond donors (Lipinski definition) is 3. The SMILES string of the molecule is Cl.NC[C@H]1CC[C@@H](C(=O)NCCNC(=O)c2ccc(Br)cc2)O1. The average Bonchev–Trinajstić information content (AvgIpc) is 3.01. The van der Waals surface area contributed by atoms with E-state index in [1.165, 1.54) is 0 Å². The van der Waals surface area contributed by atoms with Crippen LogP contribution in [0.1, 0.15) is 23.2 Å². The Hall–Kier alpha value is -1.15. The summed E-state index contributed by atoms with van der Waals surface area (Å²) in [6, 6.07) is 7.08. The highest BCUT2D eigenvalue weighted by atomic mass is 79.9. The lowest BCUT2D eigenvalue weighted by Crippen LogP contribution is -2.40. The molecular formula is C15H21BrClN3O3. The highest BCUT2D eigenvalue weighted by Gasteiger charge is 2.29. The number of amides is 2. The molecule has 0 bridgehead atoms. The minimum Gasteiger partial charge on any atom is -0.364 e. The van der Waals surface area contributed by atoms with Gasteiger partial charge in [-0.15, -0.1) is 12.4 Å². The molecule has 0 unspecified atom stereocenters. The first-order chi connectivity index (χ1) is 10.6. The fraction of sp³-hybridized carbons (Fsp3) is 0.467. The number of hydrogen-bond acceptors (Lipinski definition) is 4. The summed E-state index contributed by atoms with van der Waals surface area (Å²) < 4.78 is 6.42. The number of nitrogens with one attached hydrogen (secondary N) is 2. The molecule has 128 valence electrons. The van der Waals surface area contributed by atoms with E-state index in [-0.39, 0.29) is 30.3 Å². The van der Waals surface area contributed by atoms with Gasteiger partial charge in [-0.2, -0.15) is 0 Å². The first-order valence-corrected chi connectivity index (χ1v) is 8.06. The lowest BCUT2D eigenvalue weighted by Gasteiger charge is -2.13. The van der Waals surface area contributed by atoms with Crippen molar-refractivity contribution in [3.63, 3.8) is 0 Å². The summed E-state index contributed by atoms with van der Waals surface area (Å²) >= 11 is 3.32. The number of halogens is 2. The van der Waals surface area contributed by atoms with Crippen molar-refractivity contribution in [3.8, 4) is 0 Å². The summed E-state index contributed by atoms with van der Waals surface area (Å²) in [7, 11) is 0. The van der Waals surface area contributed by atoms with Gasteiger partial charge >= 0.3 is 0 Å². The van der Waals surface area contributed by atoms with E-state index in [1.54, 1.807) is 12.1 Å². The van der Waals surface area contributed by atoms with E-state index < -0.39 is 6.10 Å². The second kappa shape index (κ2) is 9.87. The van der Waals surface area contributed by atoms with E-state index in [4.69, 9.17) is 10.5 Å². The van der Waals surface area contributed by atoms with Gasteiger partial charge in [0.25, 0.3) is 5.91 Å². The Bertz CT molecular complexity index is 527. The summed E-state index contributed by atoms with van der Waals surface area (Å²) in [6.45, 7) is 1.18. The minimum absolute atomic E-state index is 0. The smallest absolute Gasteiger partial charge is 0.251 e. The Morgan fingerprint density at radius 2 is 1.83 bits per heavy atom. The molecule has 1 aromatic carbocycles. The number of rotatable bonds is 6. The predicted octanol–water partition coefficient (Wildman–Crippen LogP) is 1.22. The number of nitrogens with two attached hydrogens (primary N) is 1. The van der Waals surface area contributed by atoms with Gasteiger partial charge in [0.05, 0.1) is 6.10 Å². The zero-order chi connectivity index (χ0) is 15.9. The van der Waals surface area contributed by atoms with E-state index in [0.29, 0.717) is 31.6 Å². The van der Waals surface area contributed by atoms with Crippen LogP contribution in [0.3, 0.4) is 0 Å². The van der Waals surface area contributed by atoms with E-state index in [0.717, 1.165) is 10.9 Å². The monoisotopic (exact) mass is 405 g/mol. The van der Waals surface area contributed by atoms with Crippen molar-refractivity contribution in [1.82, 2.24) is 10.6 Å². The molecule has 4 N–H and O–H groups in total. The van der Waals surface area contributed by atoms with Crippen LogP contribution < -0.4 is 16.4 Å². The molecule has 2 atom stereocenters. The van der Waals surface area contributed by atoms with Gasteiger partial charge in [-0.3, -0.25) is 9.59 Å². The molecule has 1 aromatic rings. The number of ether oxygens (including phenoxy) is 1. The molecule has 0 aromatic heterocycles. The van der Waals surface area contributed by atoms with Crippen LogP contribution >= 0.6 is 28.3 Å². The van der Waals surface area contributed by atoms with Gasteiger partial charge in [0, 0.05) is 29.7 Å². The van der Waals surface area contributed by atoms with Crippen molar-refractivity contribution in [2.45, 2.75) is 25.0 Å². The third kappa shape index (κ3) is 6.10. The Labute approximate surface area is 150 Å². The molecule has 6 nitrogen and oxygen atoms in total. The van der Waals surface area contributed by atoms with Gasteiger partial charge in [0.15, 0.2) is 0 Å². The molecule has 2 amide bonds. The van der Waals surface area contributed by atoms with Gasteiger partial charge in [-0.25, -0.2) is 0 Å². The molecule has 1 heterocycles. The second-order valence-electron chi connectivity index (χ2n) is 5.11. The third-order valence-corrected chi connectivity index (χ3v) is 4.01. The molecule has 0 radical (unpaired) electrons. The first kappa shape index (κ1) is 19.9. The molecule has 23 heavy (non-hydrogen) atoms. The highest BCUT2D eigenvalue weighted by Crippen LogP contribution is 2.18. The van der Waals surface area contributed by atoms with E-state index in [1.807, 2.05) is 12.1 Å². The average molecular weight is 407 g/mol. The number of benzene rings is 1. The van der Waals surface area contributed by atoms with Crippen LogP contribution in [-0.2, 0) is 9.53 Å². The molecule has 8 heteroatoms. The molecular weight excluding hydrogens is 386 g/mol. The first-order valence-electron chi connectivity index (χ1n) is 7.27. The second-order valence-corrected chi connectivity index (χ2v) is 6.03. The van der Waals surface area contributed by atoms with Crippen LogP contribution in [-0.4, -0.2) is 43.7 Å². The zero-order valence-corrected chi connectivity index (χ0v) is 15.0. The molecule has 1 aliphatic rings. The topological polar surface area (TPSA) is 93.5 Å². The summed E-state index contributed by atoms with van der Waals surface area (Å²) in [5, 5.41) is 5.51. The van der Waals surface area contributed by atoms with Gasteiger partial charge in [0.2, 0.25) is 5.91 Å². The van der Waals surface area contributed by atoms with Gasteiger partial charge in [-0.05, 0) is 37.1 Å². The van der Waals surface area contributed by atoms with Crippen molar-refractivity contribution >= 4 is 40.2 Å². The summed E-state index contributed by atoms with van der Waals surface area (Å²) in [5.41, 5.74) is 6.09. The van der Waals surface area contributed by atoms with Crippen LogP contribution in [0.25, 0.3) is 0 Å². The Kier molecular flexibility index (Phi) is 8.54.